The van der Waals surface area contributed by atoms with E-state index < -0.39 is 8.07 Å². The average molecular weight is 214 g/mol. The van der Waals surface area contributed by atoms with Crippen molar-refractivity contribution in [3.8, 4) is 0 Å². The zero-order valence-corrected chi connectivity index (χ0v) is 11.7. The van der Waals surface area contributed by atoms with Crippen LogP contribution in [0.5, 0.6) is 0 Å². The van der Waals surface area contributed by atoms with Gasteiger partial charge in [-0.3, -0.25) is 0 Å². The van der Waals surface area contributed by atoms with Crippen LogP contribution in [0.3, 0.4) is 0 Å². The van der Waals surface area contributed by atoms with Gasteiger partial charge in [-0.05, 0) is 11.5 Å². The second-order valence-electron chi connectivity index (χ2n) is 5.86. The first-order valence-corrected chi connectivity index (χ1v) is 8.80. The highest BCUT2D eigenvalue weighted by Gasteiger charge is 2.41. The Labute approximate surface area is 90.3 Å². The maximum Gasteiger partial charge on any atom is 0.120 e. The minimum absolute atomic E-state index is 0.326. The van der Waals surface area contributed by atoms with Crippen LogP contribution in [0.1, 0.15) is 47.0 Å². The van der Waals surface area contributed by atoms with Gasteiger partial charge in [0.1, 0.15) is 6.29 Å². The summed E-state index contributed by atoms with van der Waals surface area (Å²) in [5.41, 5.74) is 0.336. The predicted molar refractivity (Wildman–Crippen MR) is 66.5 cm³/mol. The van der Waals surface area contributed by atoms with Crippen LogP contribution in [-0.2, 0) is 4.79 Å². The van der Waals surface area contributed by atoms with Crippen LogP contribution in [0.2, 0.25) is 23.7 Å². The van der Waals surface area contributed by atoms with Crippen molar-refractivity contribution in [3.63, 3.8) is 0 Å². The van der Waals surface area contributed by atoms with Crippen LogP contribution in [0.25, 0.3) is 0 Å². The number of hydrogen-bond acceptors (Lipinski definition) is 1. The average Bonchev–Trinajstić information content (AvgIpc) is 2.03. The molecule has 1 nitrogen and oxygen atoms in total. The first-order chi connectivity index (χ1) is 6.27. The minimum atomic E-state index is -1.44. The molecule has 0 aliphatic rings. The van der Waals surface area contributed by atoms with E-state index in [4.69, 9.17) is 0 Å². The van der Waals surface area contributed by atoms with E-state index in [1.165, 1.54) is 19.1 Å². The maximum atomic E-state index is 11.1. The summed E-state index contributed by atoms with van der Waals surface area (Å²) >= 11 is 0. The van der Waals surface area contributed by atoms with Crippen molar-refractivity contribution in [1.82, 2.24) is 0 Å². The molecular formula is C12H26OSi. The third-order valence-electron chi connectivity index (χ3n) is 3.89. The van der Waals surface area contributed by atoms with E-state index in [0.717, 1.165) is 6.42 Å². The first-order valence-electron chi connectivity index (χ1n) is 5.72. The molecule has 1 atom stereocenters. The Bertz CT molecular complexity index is 179. The maximum absolute atomic E-state index is 11.1. The quantitative estimate of drug-likeness (QED) is 0.494. The topological polar surface area (TPSA) is 17.1 Å². The lowest BCUT2D eigenvalue weighted by atomic mass is 10.2. The third-order valence-corrected chi connectivity index (χ3v) is 10.0. The highest BCUT2D eigenvalue weighted by atomic mass is 28.3. The van der Waals surface area contributed by atoms with E-state index in [9.17, 15) is 4.79 Å². The molecule has 0 N–H and O–H groups in total. The zero-order valence-electron chi connectivity index (χ0n) is 10.7. The van der Waals surface area contributed by atoms with Gasteiger partial charge in [-0.1, -0.05) is 53.6 Å². The van der Waals surface area contributed by atoms with Crippen LogP contribution in [-0.4, -0.2) is 14.4 Å². The molecule has 0 aromatic heterocycles. The van der Waals surface area contributed by atoms with Gasteiger partial charge in [0.2, 0.25) is 0 Å². The van der Waals surface area contributed by atoms with Crippen LogP contribution in [0.15, 0.2) is 0 Å². The normalized spacial score (nSPS) is 15.3. The summed E-state index contributed by atoms with van der Waals surface area (Å²) in [5.74, 6) is 0. The molecule has 0 fully saturated rings. The molecule has 0 aromatic rings. The fourth-order valence-corrected chi connectivity index (χ4v) is 3.96. The molecule has 0 saturated carbocycles. The fourth-order valence-electron chi connectivity index (χ4n) is 1.58. The van der Waals surface area contributed by atoms with E-state index in [2.05, 4.69) is 40.8 Å². The van der Waals surface area contributed by atoms with Gasteiger partial charge in [-0.2, -0.15) is 0 Å². The van der Waals surface area contributed by atoms with Crippen molar-refractivity contribution in [1.29, 1.82) is 0 Å². The van der Waals surface area contributed by atoms with Crippen molar-refractivity contribution in [3.05, 3.63) is 0 Å². The first kappa shape index (κ1) is 13.9. The van der Waals surface area contributed by atoms with E-state index in [1.807, 2.05) is 0 Å². The molecule has 0 aliphatic carbocycles. The summed E-state index contributed by atoms with van der Waals surface area (Å²) in [6, 6.07) is 0. The van der Waals surface area contributed by atoms with Crippen molar-refractivity contribution < 1.29 is 4.79 Å². The number of rotatable bonds is 5. The molecule has 0 radical (unpaired) electrons. The van der Waals surface area contributed by atoms with Gasteiger partial charge >= 0.3 is 0 Å². The highest BCUT2D eigenvalue weighted by molar-refractivity contribution is 6.83. The lowest BCUT2D eigenvalue weighted by Crippen LogP contribution is -2.42. The molecule has 0 bridgehead atoms. The summed E-state index contributed by atoms with van der Waals surface area (Å²) in [4.78, 5) is 11.1. The molecule has 0 unspecified atom stereocenters. The SMILES string of the molecule is CCCC[C@@H](C=O)[Si](C)(C)C(C)(C)C. The van der Waals surface area contributed by atoms with Gasteiger partial charge in [-0.15, -0.1) is 0 Å². The largest absolute Gasteiger partial charge is 0.303 e. The standard InChI is InChI=1S/C12H26OSi/c1-7-8-9-11(10-13)14(5,6)12(2,3)4/h10-11H,7-9H2,1-6H3/t11-/m0/s1. The summed E-state index contributed by atoms with van der Waals surface area (Å²) in [5, 5.41) is 0.326. The number of aldehydes is 1. The molecule has 2 heteroatoms. The Kier molecular flexibility index (Phi) is 5.06. The molecule has 0 saturated heterocycles. The van der Waals surface area contributed by atoms with Crippen LogP contribution >= 0.6 is 0 Å². The van der Waals surface area contributed by atoms with E-state index in [-0.39, 0.29) is 0 Å². The van der Waals surface area contributed by atoms with E-state index in [0.29, 0.717) is 10.6 Å². The lowest BCUT2D eigenvalue weighted by Gasteiger charge is -2.41. The number of hydrogen-bond donors (Lipinski definition) is 0. The molecule has 0 amide bonds. The molecular weight excluding hydrogens is 188 g/mol. The van der Waals surface area contributed by atoms with Crippen LogP contribution < -0.4 is 0 Å². The van der Waals surface area contributed by atoms with Crippen molar-refractivity contribution in [2.24, 2.45) is 0 Å². The fraction of sp³-hybridized carbons (Fsp3) is 0.917. The Morgan fingerprint density at radius 1 is 1.29 bits per heavy atom. The zero-order chi connectivity index (χ0) is 11.4. The van der Waals surface area contributed by atoms with E-state index >= 15 is 0 Å². The summed E-state index contributed by atoms with van der Waals surface area (Å²) < 4.78 is 0. The summed E-state index contributed by atoms with van der Waals surface area (Å²) in [6.45, 7) is 13.7. The Hall–Kier alpha value is -0.113. The second-order valence-corrected chi connectivity index (χ2v) is 11.5. The number of carbonyl (C=O) groups excluding carboxylic acids is 1. The lowest BCUT2D eigenvalue weighted by molar-refractivity contribution is -0.108. The van der Waals surface area contributed by atoms with E-state index in [1.54, 1.807) is 0 Å². The van der Waals surface area contributed by atoms with Gasteiger partial charge in [0.05, 0.1) is 8.07 Å². The molecule has 14 heavy (non-hydrogen) atoms. The molecule has 0 aromatic carbocycles. The van der Waals surface area contributed by atoms with Gasteiger partial charge in [0.15, 0.2) is 0 Å². The number of carbonyl (C=O) groups is 1. The van der Waals surface area contributed by atoms with Gasteiger partial charge in [0, 0.05) is 5.54 Å². The molecule has 0 spiro atoms. The van der Waals surface area contributed by atoms with Crippen LogP contribution in [0.4, 0.5) is 0 Å². The smallest absolute Gasteiger partial charge is 0.120 e. The van der Waals surface area contributed by atoms with Crippen molar-refractivity contribution in [2.45, 2.75) is 70.6 Å². The highest BCUT2D eigenvalue weighted by Crippen LogP contribution is 2.44. The third kappa shape index (κ3) is 3.23. The predicted octanol–water partition coefficient (Wildman–Crippen LogP) is 4.25. The molecule has 0 aliphatic heterocycles. The minimum Gasteiger partial charge on any atom is -0.303 e. The van der Waals surface area contributed by atoms with Crippen LogP contribution in [0, 0.1) is 0 Å². The molecule has 0 heterocycles. The Morgan fingerprint density at radius 3 is 2.07 bits per heavy atom. The summed E-state index contributed by atoms with van der Waals surface area (Å²) in [7, 11) is -1.44. The molecule has 0 rings (SSSR count). The van der Waals surface area contributed by atoms with Gasteiger partial charge in [-0.25, -0.2) is 0 Å². The number of unbranched alkanes of at least 4 members (excludes halogenated alkanes) is 1. The van der Waals surface area contributed by atoms with Gasteiger partial charge in [0.25, 0.3) is 0 Å². The monoisotopic (exact) mass is 214 g/mol. The second kappa shape index (κ2) is 5.10. The Balaban J connectivity index is 4.57. The van der Waals surface area contributed by atoms with Gasteiger partial charge < -0.3 is 4.79 Å². The summed E-state index contributed by atoms with van der Waals surface area (Å²) in [6.07, 6.45) is 4.69. The Morgan fingerprint density at radius 2 is 1.79 bits per heavy atom. The van der Waals surface area contributed by atoms with Crippen molar-refractivity contribution in [2.75, 3.05) is 0 Å². The van der Waals surface area contributed by atoms with Crippen molar-refractivity contribution >= 4 is 14.4 Å². The molecule has 84 valence electrons.